The first kappa shape index (κ1) is 6.04. The summed E-state index contributed by atoms with van der Waals surface area (Å²) in [5.41, 5.74) is 0. The summed E-state index contributed by atoms with van der Waals surface area (Å²) in [6.45, 7) is 0. The van der Waals surface area contributed by atoms with E-state index in [-0.39, 0.29) is 0 Å². The summed E-state index contributed by atoms with van der Waals surface area (Å²) < 4.78 is 0. The number of rotatable bonds is 2. The summed E-state index contributed by atoms with van der Waals surface area (Å²) in [5, 5.41) is 2.38. The van der Waals surface area contributed by atoms with Crippen molar-refractivity contribution in [3.8, 4) is 0 Å². The van der Waals surface area contributed by atoms with Crippen LogP contribution in [0.3, 0.4) is 0 Å². The molecule has 0 bridgehead atoms. The molecule has 0 aromatic heterocycles. The fourth-order valence-corrected chi connectivity index (χ4v) is 1.59. The average molecular weight is 200 g/mol. The van der Waals surface area contributed by atoms with E-state index in [0.29, 0.717) is 0 Å². The summed E-state index contributed by atoms with van der Waals surface area (Å²) in [6, 6.07) is 0. The molecule has 0 saturated carbocycles. The molecule has 0 amide bonds. The molecule has 0 unspecified atom stereocenters. The third kappa shape index (κ3) is 5.04. The van der Waals surface area contributed by atoms with Crippen molar-refractivity contribution < 1.29 is 0 Å². The van der Waals surface area contributed by atoms with E-state index in [2.05, 4.69) is 32.0 Å². The van der Waals surface area contributed by atoms with Crippen molar-refractivity contribution in [2.75, 3.05) is 0 Å². The molecule has 0 aliphatic carbocycles. The summed E-state index contributed by atoms with van der Waals surface area (Å²) >= 11 is 5.85. The van der Waals surface area contributed by atoms with E-state index >= 15 is 0 Å². The zero-order valence-electron chi connectivity index (χ0n) is 2.94. The first-order chi connectivity index (χ1) is 2.41. The summed E-state index contributed by atoms with van der Waals surface area (Å²) in [4.78, 5) is 0. The molecule has 0 nitrogen and oxygen atoms in total. The third-order valence-electron chi connectivity index (χ3n) is 0.289. The van der Waals surface area contributed by atoms with Crippen molar-refractivity contribution in [3.05, 3.63) is 0 Å². The van der Waals surface area contributed by atoms with Gasteiger partial charge in [0.2, 0.25) is 0 Å². The molecule has 0 spiro atoms. The van der Waals surface area contributed by atoms with Gasteiger partial charge >= 0.3 is 49.1 Å². The van der Waals surface area contributed by atoms with Crippen molar-refractivity contribution >= 4 is 32.0 Å². The van der Waals surface area contributed by atoms with Gasteiger partial charge in [-0.15, -0.1) is 0 Å². The van der Waals surface area contributed by atoms with Crippen LogP contribution in [-0.2, 0) is 0 Å². The number of hydrogen-bond donors (Lipinski definition) is 0. The topological polar surface area (TPSA) is 0 Å². The summed E-state index contributed by atoms with van der Waals surface area (Å²) in [7, 11) is 0. The van der Waals surface area contributed by atoms with Gasteiger partial charge in [-0.2, -0.15) is 0 Å². The molecule has 0 N–H and O–H groups in total. The molecule has 0 saturated heterocycles. The zero-order chi connectivity index (χ0) is 4.12. The molecular formula is C3H6Se2-. The molecule has 5 heavy (non-hydrogen) atoms. The molecule has 0 aliphatic rings. The van der Waals surface area contributed by atoms with Crippen molar-refractivity contribution in [1.29, 1.82) is 0 Å². The predicted molar refractivity (Wildman–Crippen MR) is 25.7 cm³/mol. The van der Waals surface area contributed by atoms with Crippen LogP contribution in [-0.4, -0.2) is 32.0 Å². The Kier molecular flexibility index (Phi) is 6.09. The first-order valence-electron chi connectivity index (χ1n) is 1.58. The number of hydrogen-bond acceptors (Lipinski definition) is 0. The van der Waals surface area contributed by atoms with Gasteiger partial charge in [0, 0.05) is 0 Å². The van der Waals surface area contributed by atoms with E-state index in [4.69, 9.17) is 0 Å². The van der Waals surface area contributed by atoms with Gasteiger partial charge in [0.15, 0.2) is 0 Å². The normalized spacial score (nSPS) is 8.40. The first-order valence-corrected chi connectivity index (χ1v) is 4.00. The zero-order valence-corrected chi connectivity index (χ0v) is 6.36. The third-order valence-corrected chi connectivity index (χ3v) is 1.50. The molecule has 0 rings (SSSR count). The van der Waals surface area contributed by atoms with Gasteiger partial charge in [-0.3, -0.25) is 0 Å². The molecule has 31 valence electrons. The fraction of sp³-hybridized carbons (Fsp3) is 1.00. The van der Waals surface area contributed by atoms with Crippen molar-refractivity contribution in [3.63, 3.8) is 0 Å². The van der Waals surface area contributed by atoms with Crippen LogP contribution in [0.25, 0.3) is 0 Å². The van der Waals surface area contributed by atoms with Crippen LogP contribution in [0.5, 0.6) is 0 Å². The van der Waals surface area contributed by atoms with Gasteiger partial charge in [-0.1, -0.05) is 0 Å². The Hall–Kier alpha value is 1.04. The minimum absolute atomic E-state index is 1.19. The van der Waals surface area contributed by atoms with E-state index < -0.39 is 0 Å². The van der Waals surface area contributed by atoms with Crippen LogP contribution in [0.4, 0.5) is 0 Å². The van der Waals surface area contributed by atoms with Crippen molar-refractivity contribution in [1.82, 2.24) is 0 Å². The van der Waals surface area contributed by atoms with E-state index in [1.165, 1.54) is 17.1 Å². The van der Waals surface area contributed by atoms with Gasteiger partial charge in [0.05, 0.1) is 0 Å². The molecule has 0 fully saturated rings. The van der Waals surface area contributed by atoms with E-state index in [1.54, 1.807) is 0 Å². The summed E-state index contributed by atoms with van der Waals surface area (Å²) in [5.74, 6) is 0. The van der Waals surface area contributed by atoms with Gasteiger partial charge in [-0.05, 0) is 0 Å². The molecule has 0 aromatic carbocycles. The Morgan fingerprint density at radius 3 is 2.20 bits per heavy atom. The SMILES string of the molecule is [Se]CCC[Se-]. The Morgan fingerprint density at radius 1 is 1.60 bits per heavy atom. The van der Waals surface area contributed by atoms with Gasteiger partial charge in [-0.25, -0.2) is 0 Å². The van der Waals surface area contributed by atoms with Crippen molar-refractivity contribution in [2.45, 2.75) is 17.1 Å². The minimum atomic E-state index is 1.19. The average Bonchev–Trinajstić information content (AvgIpc) is 1.41. The second-order valence-corrected chi connectivity index (χ2v) is 2.47. The standard InChI is InChI=1S/C3H7Se2/c4-2-1-3-5/h4H,1-3H2/p-1. The molecule has 1 radical (unpaired) electrons. The van der Waals surface area contributed by atoms with Crippen molar-refractivity contribution in [2.24, 2.45) is 0 Å². The summed E-state index contributed by atoms with van der Waals surface area (Å²) in [6.07, 6.45) is 1.28. The molecule has 0 aliphatic heterocycles. The van der Waals surface area contributed by atoms with Crippen LogP contribution >= 0.6 is 0 Å². The maximum atomic E-state index is 2.92. The second-order valence-electron chi connectivity index (χ2n) is 0.762. The van der Waals surface area contributed by atoms with E-state index in [0.717, 1.165) is 0 Å². The maximum absolute atomic E-state index is 2.92. The van der Waals surface area contributed by atoms with Crippen LogP contribution in [0.15, 0.2) is 0 Å². The van der Waals surface area contributed by atoms with Crippen LogP contribution in [0, 0.1) is 0 Å². The van der Waals surface area contributed by atoms with Crippen LogP contribution in [0.1, 0.15) is 6.42 Å². The Bertz CT molecular complexity index is 12.4. The van der Waals surface area contributed by atoms with Crippen LogP contribution < -0.4 is 0 Å². The Balaban J connectivity index is 2.19. The molecular weight excluding hydrogens is 194 g/mol. The van der Waals surface area contributed by atoms with Gasteiger partial charge in [0.1, 0.15) is 0 Å². The predicted octanol–water partition coefficient (Wildman–Crippen LogP) is 0.550. The Morgan fingerprint density at radius 2 is 2.20 bits per heavy atom. The molecule has 0 atom stereocenters. The molecule has 2 heteroatoms. The van der Waals surface area contributed by atoms with Crippen LogP contribution in [0.2, 0.25) is 10.6 Å². The monoisotopic (exact) mass is 202 g/mol. The molecule has 0 aromatic rings. The van der Waals surface area contributed by atoms with E-state index in [9.17, 15) is 0 Å². The van der Waals surface area contributed by atoms with Gasteiger partial charge in [0.25, 0.3) is 0 Å². The quantitative estimate of drug-likeness (QED) is 0.571. The second kappa shape index (κ2) is 5.04. The fourth-order valence-electron chi connectivity index (χ4n) is 0.0589. The van der Waals surface area contributed by atoms with Gasteiger partial charge < -0.3 is 0 Å². The Labute approximate surface area is 49.3 Å². The molecule has 0 heterocycles. The van der Waals surface area contributed by atoms with E-state index in [1.807, 2.05) is 0 Å².